The molecule has 0 spiro atoms. The van der Waals surface area contributed by atoms with Gasteiger partial charge in [-0.1, -0.05) is 19.3 Å². The number of aromatic nitrogens is 1. The number of nitrogens with zero attached hydrogens (tertiary/aromatic N) is 1. The molecule has 16 heavy (non-hydrogen) atoms. The van der Waals surface area contributed by atoms with Gasteiger partial charge in [-0.05, 0) is 32.6 Å². The summed E-state index contributed by atoms with van der Waals surface area (Å²) in [5, 5.41) is 1.65. The highest BCUT2D eigenvalue weighted by atomic mass is 35.5. The van der Waals surface area contributed by atoms with Crippen molar-refractivity contribution in [3.8, 4) is 0 Å². The van der Waals surface area contributed by atoms with E-state index in [0.717, 1.165) is 6.42 Å². The van der Waals surface area contributed by atoms with Crippen LogP contribution in [0.25, 0.3) is 0 Å². The van der Waals surface area contributed by atoms with E-state index in [-0.39, 0.29) is 0 Å². The molecule has 2 unspecified atom stereocenters. The van der Waals surface area contributed by atoms with Gasteiger partial charge in [0.15, 0.2) is 0 Å². The first kappa shape index (κ1) is 12.4. The molecule has 0 N–H and O–H groups in total. The van der Waals surface area contributed by atoms with Gasteiger partial charge in [-0.15, -0.1) is 22.9 Å². The van der Waals surface area contributed by atoms with Gasteiger partial charge in [-0.2, -0.15) is 0 Å². The van der Waals surface area contributed by atoms with Gasteiger partial charge in [0.25, 0.3) is 0 Å². The van der Waals surface area contributed by atoms with Gasteiger partial charge < -0.3 is 0 Å². The molecule has 1 aliphatic rings. The number of hydrogen-bond acceptors (Lipinski definition) is 2. The van der Waals surface area contributed by atoms with Crippen LogP contribution in [-0.4, -0.2) is 10.4 Å². The number of halogens is 1. The Balaban J connectivity index is 2.01. The molecule has 1 aromatic heterocycles. The molecule has 0 saturated heterocycles. The number of thiazole rings is 1. The third-order valence-corrected chi connectivity index (χ3v) is 5.25. The highest BCUT2D eigenvalue weighted by molar-refractivity contribution is 7.11. The Morgan fingerprint density at radius 2 is 2.00 bits per heavy atom. The molecule has 0 radical (unpaired) electrons. The summed E-state index contributed by atoms with van der Waals surface area (Å²) in [5.41, 5.74) is 1.19. The summed E-state index contributed by atoms with van der Waals surface area (Å²) in [4.78, 5) is 5.99. The highest BCUT2D eigenvalue weighted by Gasteiger charge is 2.23. The molecule has 0 amide bonds. The molecular formula is C13H20ClNS. The number of alkyl halides is 1. The van der Waals surface area contributed by atoms with Gasteiger partial charge in [0.2, 0.25) is 0 Å². The monoisotopic (exact) mass is 257 g/mol. The summed E-state index contributed by atoms with van der Waals surface area (Å²) >= 11 is 8.31. The van der Waals surface area contributed by atoms with Gasteiger partial charge in [-0.3, -0.25) is 0 Å². The molecule has 2 atom stereocenters. The zero-order valence-electron chi connectivity index (χ0n) is 10.1. The minimum Gasteiger partial charge on any atom is -0.246 e. The number of hydrogen-bond donors (Lipinski definition) is 0. The van der Waals surface area contributed by atoms with Crippen LogP contribution in [0.5, 0.6) is 0 Å². The molecular weight excluding hydrogens is 238 g/mol. The highest BCUT2D eigenvalue weighted by Crippen LogP contribution is 2.31. The summed E-state index contributed by atoms with van der Waals surface area (Å²) in [6.45, 7) is 4.25. The van der Waals surface area contributed by atoms with E-state index in [4.69, 9.17) is 11.6 Å². The lowest BCUT2D eigenvalue weighted by Crippen LogP contribution is -2.15. The van der Waals surface area contributed by atoms with Crippen molar-refractivity contribution >= 4 is 22.9 Å². The summed E-state index contributed by atoms with van der Waals surface area (Å²) < 4.78 is 0. The van der Waals surface area contributed by atoms with Crippen molar-refractivity contribution in [3.63, 3.8) is 0 Å². The van der Waals surface area contributed by atoms with Crippen molar-refractivity contribution < 1.29 is 0 Å². The van der Waals surface area contributed by atoms with Crippen LogP contribution in [0, 0.1) is 19.8 Å². The Bertz CT molecular complexity index is 328. The fraction of sp³-hybridized carbons (Fsp3) is 0.769. The molecule has 3 heteroatoms. The lowest BCUT2D eigenvalue weighted by molar-refractivity contribution is 0.464. The molecule has 0 bridgehead atoms. The van der Waals surface area contributed by atoms with E-state index in [2.05, 4.69) is 18.8 Å². The van der Waals surface area contributed by atoms with Crippen molar-refractivity contribution in [2.24, 2.45) is 5.92 Å². The van der Waals surface area contributed by atoms with Crippen molar-refractivity contribution in [1.29, 1.82) is 0 Å². The Morgan fingerprint density at radius 3 is 2.69 bits per heavy atom. The molecule has 1 aromatic rings. The minimum atomic E-state index is 0.368. The Labute approximate surface area is 107 Å². The fourth-order valence-corrected chi connectivity index (χ4v) is 3.82. The molecule has 1 nitrogen and oxygen atoms in total. The van der Waals surface area contributed by atoms with E-state index < -0.39 is 0 Å². The molecule has 1 saturated carbocycles. The standard InChI is InChI=1S/C13H20ClNS/c1-9-10(2)16-13(15-9)8-11-6-4-3-5-7-12(11)14/h11-12H,3-8H2,1-2H3. The zero-order chi connectivity index (χ0) is 11.5. The zero-order valence-corrected chi connectivity index (χ0v) is 11.7. The Kier molecular flexibility index (Phi) is 4.26. The van der Waals surface area contributed by atoms with Crippen LogP contribution in [0.1, 0.15) is 47.7 Å². The lowest BCUT2D eigenvalue weighted by Gasteiger charge is -2.17. The summed E-state index contributed by atoms with van der Waals surface area (Å²) in [6, 6.07) is 0. The van der Waals surface area contributed by atoms with Crippen LogP contribution in [-0.2, 0) is 6.42 Å². The SMILES string of the molecule is Cc1nc(CC2CCCCCC2Cl)sc1C. The maximum Gasteiger partial charge on any atom is 0.0934 e. The molecule has 1 heterocycles. The lowest BCUT2D eigenvalue weighted by atomic mass is 9.96. The number of aryl methyl sites for hydroxylation is 2. The molecule has 1 aliphatic carbocycles. The summed E-state index contributed by atoms with van der Waals surface area (Å²) in [5.74, 6) is 0.647. The second-order valence-electron chi connectivity index (χ2n) is 4.87. The Hall–Kier alpha value is -0.0800. The summed E-state index contributed by atoms with van der Waals surface area (Å²) in [6.07, 6.45) is 7.57. The Morgan fingerprint density at radius 1 is 1.25 bits per heavy atom. The molecule has 0 aliphatic heterocycles. The van der Waals surface area contributed by atoms with E-state index in [0.29, 0.717) is 11.3 Å². The number of rotatable bonds is 2. The van der Waals surface area contributed by atoms with Crippen molar-refractivity contribution in [3.05, 3.63) is 15.6 Å². The quantitative estimate of drug-likeness (QED) is 0.562. The molecule has 1 fully saturated rings. The largest absolute Gasteiger partial charge is 0.246 e. The maximum atomic E-state index is 6.46. The normalized spacial score (nSPS) is 26.7. The predicted molar refractivity (Wildman–Crippen MR) is 71.5 cm³/mol. The smallest absolute Gasteiger partial charge is 0.0934 e. The van der Waals surface area contributed by atoms with E-state index in [1.807, 2.05) is 11.3 Å². The summed E-state index contributed by atoms with van der Waals surface area (Å²) in [7, 11) is 0. The van der Waals surface area contributed by atoms with Crippen molar-refractivity contribution in [2.45, 2.75) is 57.7 Å². The predicted octanol–water partition coefficient (Wildman–Crippen LogP) is 4.49. The first-order chi connectivity index (χ1) is 7.66. The molecule has 2 rings (SSSR count). The van der Waals surface area contributed by atoms with Gasteiger partial charge >= 0.3 is 0 Å². The van der Waals surface area contributed by atoms with E-state index in [9.17, 15) is 0 Å². The fourth-order valence-electron chi connectivity index (χ4n) is 2.42. The van der Waals surface area contributed by atoms with Crippen LogP contribution in [0.15, 0.2) is 0 Å². The molecule has 0 aromatic carbocycles. The minimum absolute atomic E-state index is 0.368. The van der Waals surface area contributed by atoms with E-state index >= 15 is 0 Å². The molecule has 90 valence electrons. The second kappa shape index (κ2) is 5.50. The van der Waals surface area contributed by atoms with Crippen LogP contribution in [0.4, 0.5) is 0 Å². The van der Waals surface area contributed by atoms with Gasteiger partial charge in [0.05, 0.1) is 10.7 Å². The van der Waals surface area contributed by atoms with Crippen LogP contribution >= 0.6 is 22.9 Å². The van der Waals surface area contributed by atoms with Gasteiger partial charge in [0, 0.05) is 16.7 Å². The average Bonchev–Trinajstić information content (AvgIpc) is 2.44. The van der Waals surface area contributed by atoms with Crippen molar-refractivity contribution in [1.82, 2.24) is 4.98 Å². The van der Waals surface area contributed by atoms with Gasteiger partial charge in [0.1, 0.15) is 0 Å². The third kappa shape index (κ3) is 2.98. The van der Waals surface area contributed by atoms with Crippen LogP contribution < -0.4 is 0 Å². The third-order valence-electron chi connectivity index (χ3n) is 3.58. The van der Waals surface area contributed by atoms with Crippen molar-refractivity contribution in [2.75, 3.05) is 0 Å². The average molecular weight is 258 g/mol. The van der Waals surface area contributed by atoms with Crippen LogP contribution in [0.3, 0.4) is 0 Å². The first-order valence-corrected chi connectivity index (χ1v) is 7.49. The van der Waals surface area contributed by atoms with Gasteiger partial charge in [-0.25, -0.2) is 4.98 Å². The van der Waals surface area contributed by atoms with E-state index in [1.165, 1.54) is 47.7 Å². The first-order valence-electron chi connectivity index (χ1n) is 6.24. The van der Waals surface area contributed by atoms with E-state index in [1.54, 1.807) is 0 Å². The van der Waals surface area contributed by atoms with Crippen LogP contribution in [0.2, 0.25) is 0 Å². The maximum absolute atomic E-state index is 6.46. The second-order valence-corrected chi connectivity index (χ2v) is 6.72. The topological polar surface area (TPSA) is 12.9 Å².